The molecular formula is C34H28BrN3O8. The highest BCUT2D eigenvalue weighted by Crippen LogP contribution is 2.38. The molecule has 11 nitrogen and oxygen atoms in total. The minimum absolute atomic E-state index is 0.227. The van der Waals surface area contributed by atoms with Crippen molar-refractivity contribution in [1.82, 2.24) is 5.32 Å². The third-order valence-corrected chi connectivity index (χ3v) is 7.33. The summed E-state index contributed by atoms with van der Waals surface area (Å²) in [6, 6.07) is 25.2. The SMILES string of the molecule is COc1ccccc1NC(=O)COc1c(Br)cc(/C=C2/C(=O)NC(=O)N(c3ccc(OCc4ccccc4)cc3)C2=O)cc1OC. The molecule has 0 aliphatic carbocycles. The molecule has 4 aromatic carbocycles. The number of benzene rings is 4. The highest BCUT2D eigenvalue weighted by atomic mass is 79.9. The number of imide groups is 2. The molecule has 1 fully saturated rings. The van der Waals surface area contributed by atoms with Crippen LogP contribution in [0.15, 0.2) is 101 Å². The fourth-order valence-corrected chi connectivity index (χ4v) is 5.10. The summed E-state index contributed by atoms with van der Waals surface area (Å²) in [7, 11) is 2.91. The average Bonchev–Trinajstić information content (AvgIpc) is 3.06. The summed E-state index contributed by atoms with van der Waals surface area (Å²) in [5, 5.41) is 4.94. The zero-order chi connectivity index (χ0) is 32.6. The maximum Gasteiger partial charge on any atom is 0.335 e. The molecule has 0 saturated carbocycles. The molecule has 0 spiro atoms. The summed E-state index contributed by atoms with van der Waals surface area (Å²) in [5.41, 5.74) is 1.85. The number of anilines is 2. The number of nitrogens with one attached hydrogen (secondary N) is 2. The molecule has 0 atom stereocenters. The van der Waals surface area contributed by atoms with Crippen molar-refractivity contribution in [3.05, 3.63) is 112 Å². The minimum Gasteiger partial charge on any atom is -0.495 e. The first kappa shape index (κ1) is 31.8. The van der Waals surface area contributed by atoms with E-state index in [1.54, 1.807) is 54.6 Å². The van der Waals surface area contributed by atoms with Crippen LogP contribution in [0, 0.1) is 0 Å². The fourth-order valence-electron chi connectivity index (χ4n) is 4.53. The van der Waals surface area contributed by atoms with Crippen molar-refractivity contribution < 1.29 is 38.1 Å². The van der Waals surface area contributed by atoms with Crippen LogP contribution >= 0.6 is 15.9 Å². The van der Waals surface area contributed by atoms with Gasteiger partial charge in [-0.15, -0.1) is 0 Å². The second-order valence-corrected chi connectivity index (χ2v) is 10.7. The highest BCUT2D eigenvalue weighted by Gasteiger charge is 2.37. The molecule has 1 saturated heterocycles. The maximum absolute atomic E-state index is 13.5. The lowest BCUT2D eigenvalue weighted by atomic mass is 10.1. The first-order valence-corrected chi connectivity index (χ1v) is 14.7. The zero-order valence-corrected chi connectivity index (χ0v) is 26.3. The summed E-state index contributed by atoms with van der Waals surface area (Å²) in [4.78, 5) is 52.4. The predicted molar refractivity (Wildman–Crippen MR) is 174 cm³/mol. The molecule has 46 heavy (non-hydrogen) atoms. The number of barbiturate groups is 1. The normalized spacial score (nSPS) is 13.7. The number of ether oxygens (including phenoxy) is 4. The molecule has 1 aliphatic rings. The first-order valence-electron chi connectivity index (χ1n) is 13.9. The predicted octanol–water partition coefficient (Wildman–Crippen LogP) is 5.73. The van der Waals surface area contributed by atoms with Crippen LogP contribution in [-0.4, -0.2) is 44.6 Å². The number of para-hydroxylation sites is 2. The van der Waals surface area contributed by atoms with Crippen LogP contribution in [0.5, 0.6) is 23.0 Å². The molecule has 5 amide bonds. The van der Waals surface area contributed by atoms with E-state index in [1.807, 2.05) is 30.3 Å². The molecule has 0 unspecified atom stereocenters. The lowest BCUT2D eigenvalue weighted by Crippen LogP contribution is -2.54. The van der Waals surface area contributed by atoms with Crippen molar-refractivity contribution in [3.63, 3.8) is 0 Å². The van der Waals surface area contributed by atoms with E-state index < -0.39 is 23.8 Å². The molecule has 2 N–H and O–H groups in total. The molecule has 5 rings (SSSR count). The summed E-state index contributed by atoms with van der Waals surface area (Å²) < 4.78 is 22.6. The van der Waals surface area contributed by atoms with Crippen molar-refractivity contribution in [1.29, 1.82) is 0 Å². The van der Waals surface area contributed by atoms with Gasteiger partial charge in [-0.1, -0.05) is 42.5 Å². The molecule has 12 heteroatoms. The Morgan fingerprint density at radius 2 is 1.57 bits per heavy atom. The number of methoxy groups -OCH3 is 2. The molecular weight excluding hydrogens is 658 g/mol. The van der Waals surface area contributed by atoms with Crippen molar-refractivity contribution in [2.24, 2.45) is 0 Å². The minimum atomic E-state index is -0.876. The van der Waals surface area contributed by atoms with E-state index in [1.165, 1.54) is 26.4 Å². The average molecular weight is 687 g/mol. The second kappa shape index (κ2) is 14.4. The van der Waals surface area contributed by atoms with Crippen molar-refractivity contribution in [2.75, 3.05) is 31.0 Å². The highest BCUT2D eigenvalue weighted by molar-refractivity contribution is 9.10. The topological polar surface area (TPSA) is 132 Å². The second-order valence-electron chi connectivity index (χ2n) is 9.80. The Morgan fingerprint density at radius 1 is 0.870 bits per heavy atom. The van der Waals surface area contributed by atoms with Crippen LogP contribution in [0.3, 0.4) is 0 Å². The van der Waals surface area contributed by atoms with Gasteiger partial charge in [-0.05, 0) is 81.7 Å². The van der Waals surface area contributed by atoms with Crippen molar-refractivity contribution in [2.45, 2.75) is 6.61 Å². The lowest BCUT2D eigenvalue weighted by molar-refractivity contribution is -0.122. The zero-order valence-electron chi connectivity index (χ0n) is 24.7. The van der Waals surface area contributed by atoms with E-state index >= 15 is 0 Å². The quantitative estimate of drug-likeness (QED) is 0.151. The largest absolute Gasteiger partial charge is 0.495 e. The van der Waals surface area contributed by atoms with Crippen LogP contribution in [0.2, 0.25) is 0 Å². The Balaban J connectivity index is 1.30. The monoisotopic (exact) mass is 685 g/mol. The molecule has 0 radical (unpaired) electrons. The third kappa shape index (κ3) is 7.36. The Morgan fingerprint density at radius 3 is 2.28 bits per heavy atom. The fraction of sp³-hybridized carbons (Fsp3) is 0.118. The van der Waals surface area contributed by atoms with Gasteiger partial charge in [-0.2, -0.15) is 0 Å². The van der Waals surface area contributed by atoms with Gasteiger partial charge in [0.1, 0.15) is 23.7 Å². The van der Waals surface area contributed by atoms with Crippen LogP contribution in [0.1, 0.15) is 11.1 Å². The molecule has 4 aromatic rings. The first-order chi connectivity index (χ1) is 22.3. The number of amides is 5. The Labute approximate surface area is 272 Å². The number of urea groups is 1. The summed E-state index contributed by atoms with van der Waals surface area (Å²) in [6.07, 6.45) is 1.33. The van der Waals surface area contributed by atoms with E-state index in [4.69, 9.17) is 18.9 Å². The van der Waals surface area contributed by atoms with Gasteiger partial charge >= 0.3 is 6.03 Å². The summed E-state index contributed by atoms with van der Waals surface area (Å²) in [5.74, 6) is -0.596. The molecule has 234 valence electrons. The molecule has 1 aliphatic heterocycles. The number of nitrogens with zero attached hydrogens (tertiary/aromatic N) is 1. The van der Waals surface area contributed by atoms with Gasteiger partial charge in [0.25, 0.3) is 17.7 Å². The van der Waals surface area contributed by atoms with E-state index in [-0.39, 0.29) is 29.4 Å². The number of carbonyl (C=O) groups is 4. The maximum atomic E-state index is 13.5. The van der Waals surface area contributed by atoms with E-state index in [0.29, 0.717) is 33.8 Å². The van der Waals surface area contributed by atoms with Gasteiger partial charge in [0.15, 0.2) is 18.1 Å². The van der Waals surface area contributed by atoms with Crippen LogP contribution in [0.25, 0.3) is 6.08 Å². The van der Waals surface area contributed by atoms with Gasteiger partial charge < -0.3 is 24.3 Å². The number of carbonyl (C=O) groups excluding carboxylic acids is 4. The smallest absolute Gasteiger partial charge is 0.335 e. The van der Waals surface area contributed by atoms with Gasteiger partial charge in [0.05, 0.1) is 30.1 Å². The van der Waals surface area contributed by atoms with Gasteiger partial charge in [-0.25, -0.2) is 9.69 Å². The van der Waals surface area contributed by atoms with Gasteiger partial charge in [-0.3, -0.25) is 19.7 Å². The number of rotatable bonds is 11. The summed E-state index contributed by atoms with van der Waals surface area (Å²) in [6.45, 7) is 0.00512. The summed E-state index contributed by atoms with van der Waals surface area (Å²) >= 11 is 3.42. The number of halogens is 1. The van der Waals surface area contributed by atoms with Crippen LogP contribution in [-0.2, 0) is 21.0 Å². The standard InChI is InChI=1S/C34H28BrN3O8/c1-43-28-11-7-6-10-27(28)36-30(39)20-46-31-26(35)17-22(18-29(31)44-2)16-25-32(40)37-34(42)38(33(25)41)23-12-14-24(15-13-23)45-19-21-8-4-3-5-9-21/h3-18H,19-20H2,1-2H3,(H,36,39)(H,37,40,42)/b25-16-. The van der Waals surface area contributed by atoms with Gasteiger partial charge in [0.2, 0.25) is 0 Å². The molecule has 0 aromatic heterocycles. The van der Waals surface area contributed by atoms with Crippen LogP contribution < -0.4 is 34.5 Å². The van der Waals surface area contributed by atoms with E-state index in [9.17, 15) is 19.2 Å². The van der Waals surface area contributed by atoms with Crippen molar-refractivity contribution in [3.8, 4) is 23.0 Å². The third-order valence-electron chi connectivity index (χ3n) is 6.74. The lowest BCUT2D eigenvalue weighted by Gasteiger charge is -2.26. The Bertz CT molecular complexity index is 1810. The van der Waals surface area contributed by atoms with Crippen molar-refractivity contribution >= 4 is 57.1 Å². The van der Waals surface area contributed by atoms with E-state index in [2.05, 4.69) is 26.6 Å². The Hall–Kier alpha value is -5.62. The number of hydrogen-bond acceptors (Lipinski definition) is 8. The van der Waals surface area contributed by atoms with Gasteiger partial charge in [0, 0.05) is 0 Å². The number of hydrogen-bond donors (Lipinski definition) is 2. The van der Waals surface area contributed by atoms with Crippen LogP contribution in [0.4, 0.5) is 16.2 Å². The Kier molecular flexibility index (Phi) is 9.98. The van der Waals surface area contributed by atoms with E-state index in [0.717, 1.165) is 10.5 Å². The molecule has 1 heterocycles. The molecule has 0 bridgehead atoms.